The maximum absolute atomic E-state index is 12.9. The van der Waals surface area contributed by atoms with Gasteiger partial charge in [-0.15, -0.1) is 0 Å². The smallest absolute Gasteiger partial charge is 0.423 e. The molecule has 0 bridgehead atoms. The third-order valence-corrected chi connectivity index (χ3v) is 2.86. The van der Waals surface area contributed by atoms with Gasteiger partial charge in [-0.2, -0.15) is 31.3 Å². The molecule has 0 radical (unpaired) electrons. The Hall–Kier alpha value is -2.52. The van der Waals surface area contributed by atoms with Crippen LogP contribution in [0.25, 0.3) is 0 Å². The first-order valence-electron chi connectivity index (χ1n) is 6.50. The molecule has 0 fully saturated rings. The molecule has 0 aliphatic heterocycles. The van der Waals surface area contributed by atoms with Gasteiger partial charge in [0.2, 0.25) is 11.8 Å². The number of hydrogen-bond acceptors (Lipinski definition) is 4. The summed E-state index contributed by atoms with van der Waals surface area (Å²) in [5.74, 6) is -1.40. The number of anilines is 2. The minimum atomic E-state index is -4.94. The molecule has 1 aromatic heterocycles. The summed E-state index contributed by atoms with van der Waals surface area (Å²) in [6, 6.07) is 8.35. The van der Waals surface area contributed by atoms with Gasteiger partial charge in [0.15, 0.2) is 6.61 Å². The molecule has 0 aliphatic carbocycles. The van der Waals surface area contributed by atoms with Crippen molar-refractivity contribution < 1.29 is 31.1 Å². The van der Waals surface area contributed by atoms with Crippen LogP contribution in [0.2, 0.25) is 0 Å². The fourth-order valence-corrected chi connectivity index (χ4v) is 1.74. The highest BCUT2D eigenvalue weighted by Crippen LogP contribution is 2.36. The first-order chi connectivity index (χ1) is 11.1. The summed E-state index contributed by atoms with van der Waals surface area (Å²) >= 11 is 0. The highest BCUT2D eigenvalue weighted by molar-refractivity contribution is 5.56. The van der Waals surface area contributed by atoms with Crippen LogP contribution in [0.5, 0.6) is 5.88 Å². The summed E-state index contributed by atoms with van der Waals surface area (Å²) in [5, 5.41) is 0. The molecule has 2 rings (SSSR count). The van der Waals surface area contributed by atoms with Gasteiger partial charge in [-0.05, 0) is 12.1 Å². The Labute approximate surface area is 132 Å². The van der Waals surface area contributed by atoms with E-state index >= 15 is 0 Å². The zero-order valence-corrected chi connectivity index (χ0v) is 12.2. The molecule has 0 unspecified atom stereocenters. The average Bonchev–Trinajstić information content (AvgIpc) is 2.51. The van der Waals surface area contributed by atoms with Crippen LogP contribution in [0.1, 0.15) is 5.56 Å². The Morgan fingerprint density at radius 2 is 1.67 bits per heavy atom. The van der Waals surface area contributed by atoms with Gasteiger partial charge in [0.25, 0.3) is 0 Å². The number of halogens is 6. The second-order valence-corrected chi connectivity index (χ2v) is 4.69. The summed E-state index contributed by atoms with van der Waals surface area (Å²) in [7, 11) is 1.46. The SMILES string of the molecule is CN(c1ccccc1)c1ncc(C(F)(F)F)c(OCC(F)(F)F)n1. The Morgan fingerprint density at radius 1 is 1.04 bits per heavy atom. The lowest BCUT2D eigenvalue weighted by atomic mass is 10.3. The van der Waals surface area contributed by atoms with E-state index in [0.29, 0.717) is 11.9 Å². The van der Waals surface area contributed by atoms with Gasteiger partial charge in [-0.3, -0.25) is 0 Å². The standard InChI is InChI=1S/C14H11F6N3O/c1-23(9-5-3-2-4-6-9)12-21-7-10(14(18,19)20)11(22-12)24-8-13(15,16)17/h2-7H,8H2,1H3. The van der Waals surface area contributed by atoms with Crippen molar-refractivity contribution in [1.29, 1.82) is 0 Å². The van der Waals surface area contributed by atoms with Gasteiger partial charge in [-0.25, -0.2) is 4.98 Å². The highest BCUT2D eigenvalue weighted by Gasteiger charge is 2.38. The van der Waals surface area contributed by atoms with Crippen molar-refractivity contribution in [3.8, 4) is 5.88 Å². The van der Waals surface area contributed by atoms with Crippen molar-refractivity contribution in [2.24, 2.45) is 0 Å². The summed E-state index contributed by atoms with van der Waals surface area (Å²) < 4.78 is 79.5. The molecule has 0 aliphatic rings. The molecular weight excluding hydrogens is 340 g/mol. The zero-order valence-electron chi connectivity index (χ0n) is 12.2. The molecule has 0 saturated carbocycles. The lowest BCUT2D eigenvalue weighted by Crippen LogP contribution is -2.23. The van der Waals surface area contributed by atoms with Crippen LogP contribution in [0.4, 0.5) is 38.0 Å². The fourth-order valence-electron chi connectivity index (χ4n) is 1.74. The van der Waals surface area contributed by atoms with Gasteiger partial charge >= 0.3 is 12.4 Å². The van der Waals surface area contributed by atoms with Crippen molar-refractivity contribution in [3.05, 3.63) is 42.1 Å². The maximum Gasteiger partial charge on any atom is 0.423 e. The minimum Gasteiger partial charge on any atom is -0.467 e. The fraction of sp³-hybridized carbons (Fsp3) is 0.286. The van der Waals surface area contributed by atoms with E-state index in [1.54, 1.807) is 30.3 Å². The summed E-state index contributed by atoms with van der Waals surface area (Å²) in [4.78, 5) is 8.37. The predicted octanol–water partition coefficient (Wildman–Crippen LogP) is 4.20. The van der Waals surface area contributed by atoms with Crippen LogP contribution >= 0.6 is 0 Å². The van der Waals surface area contributed by atoms with Crippen LogP contribution in [-0.2, 0) is 6.18 Å². The first kappa shape index (κ1) is 17.8. The number of alkyl halides is 6. The number of aromatic nitrogens is 2. The summed E-state index contributed by atoms with van der Waals surface area (Å²) in [6.07, 6.45) is -9.34. The molecule has 0 atom stereocenters. The van der Waals surface area contributed by atoms with Crippen LogP contribution in [-0.4, -0.2) is 29.8 Å². The van der Waals surface area contributed by atoms with Crippen molar-refractivity contribution in [1.82, 2.24) is 9.97 Å². The second kappa shape index (κ2) is 6.54. The van der Waals surface area contributed by atoms with E-state index < -0.39 is 30.4 Å². The lowest BCUT2D eigenvalue weighted by Gasteiger charge is -2.19. The van der Waals surface area contributed by atoms with Gasteiger partial charge in [-0.1, -0.05) is 18.2 Å². The van der Waals surface area contributed by atoms with Gasteiger partial charge in [0, 0.05) is 18.9 Å². The zero-order chi connectivity index (χ0) is 18.0. The van der Waals surface area contributed by atoms with E-state index in [-0.39, 0.29) is 5.95 Å². The number of hydrogen-bond donors (Lipinski definition) is 0. The topological polar surface area (TPSA) is 38.2 Å². The van der Waals surface area contributed by atoms with E-state index in [1.807, 2.05) is 0 Å². The minimum absolute atomic E-state index is 0.230. The predicted molar refractivity (Wildman–Crippen MR) is 73.1 cm³/mol. The molecule has 24 heavy (non-hydrogen) atoms. The Bertz CT molecular complexity index is 687. The number of benzene rings is 1. The first-order valence-corrected chi connectivity index (χ1v) is 6.50. The molecule has 0 saturated heterocycles. The van der Waals surface area contributed by atoms with Gasteiger partial charge in [0.05, 0.1) is 0 Å². The van der Waals surface area contributed by atoms with Crippen LogP contribution < -0.4 is 9.64 Å². The third kappa shape index (κ3) is 4.49. The molecule has 0 N–H and O–H groups in total. The number of nitrogens with zero attached hydrogens (tertiary/aromatic N) is 3. The Kier molecular flexibility index (Phi) is 4.86. The number of para-hydroxylation sites is 1. The van der Waals surface area contributed by atoms with E-state index in [1.165, 1.54) is 11.9 Å². The average molecular weight is 351 g/mol. The Morgan fingerprint density at radius 3 is 2.21 bits per heavy atom. The molecule has 1 aromatic carbocycles. The van der Waals surface area contributed by atoms with Gasteiger partial charge < -0.3 is 9.64 Å². The molecule has 0 spiro atoms. The largest absolute Gasteiger partial charge is 0.467 e. The Balaban J connectivity index is 2.38. The highest BCUT2D eigenvalue weighted by atomic mass is 19.4. The quantitative estimate of drug-likeness (QED) is 0.774. The molecule has 4 nitrogen and oxygen atoms in total. The van der Waals surface area contributed by atoms with Crippen LogP contribution in [0, 0.1) is 0 Å². The maximum atomic E-state index is 12.9. The second-order valence-electron chi connectivity index (χ2n) is 4.69. The molecule has 130 valence electrons. The van der Waals surface area contributed by atoms with Crippen molar-refractivity contribution in [2.75, 3.05) is 18.6 Å². The monoisotopic (exact) mass is 351 g/mol. The lowest BCUT2D eigenvalue weighted by molar-refractivity contribution is -0.159. The molecule has 1 heterocycles. The van der Waals surface area contributed by atoms with Crippen molar-refractivity contribution in [2.45, 2.75) is 12.4 Å². The van der Waals surface area contributed by atoms with Crippen LogP contribution in [0.3, 0.4) is 0 Å². The molecule has 10 heteroatoms. The van der Waals surface area contributed by atoms with Gasteiger partial charge in [0.1, 0.15) is 5.56 Å². The summed E-state index contributed by atoms with van der Waals surface area (Å²) in [5.41, 5.74) is -0.934. The number of rotatable bonds is 4. The summed E-state index contributed by atoms with van der Waals surface area (Å²) in [6.45, 7) is -1.89. The normalized spacial score (nSPS) is 12.1. The van der Waals surface area contributed by atoms with E-state index in [2.05, 4.69) is 14.7 Å². The van der Waals surface area contributed by atoms with E-state index in [0.717, 1.165) is 0 Å². The number of ether oxygens (including phenoxy) is 1. The van der Waals surface area contributed by atoms with Crippen molar-refractivity contribution >= 4 is 11.6 Å². The molecule has 0 amide bonds. The van der Waals surface area contributed by atoms with Crippen molar-refractivity contribution in [3.63, 3.8) is 0 Å². The van der Waals surface area contributed by atoms with Crippen LogP contribution in [0.15, 0.2) is 36.5 Å². The van der Waals surface area contributed by atoms with E-state index in [9.17, 15) is 26.3 Å². The van der Waals surface area contributed by atoms with E-state index in [4.69, 9.17) is 0 Å². The molecular formula is C14H11F6N3O. The third-order valence-electron chi connectivity index (χ3n) is 2.86. The molecule has 2 aromatic rings.